The number of aromatic nitrogens is 2. The minimum absolute atomic E-state index is 0.211. The minimum Gasteiger partial charge on any atom is -0.369 e. The predicted octanol–water partition coefficient (Wildman–Crippen LogP) is 0.0563. The average molecular weight is 321 g/mol. The van der Waals surface area contributed by atoms with E-state index in [0.29, 0.717) is 18.8 Å². The van der Waals surface area contributed by atoms with Crippen LogP contribution in [0.1, 0.15) is 31.5 Å². The highest BCUT2D eigenvalue weighted by atomic mass is 16.2. The van der Waals surface area contributed by atoms with Gasteiger partial charge in [-0.15, -0.1) is 0 Å². The van der Waals surface area contributed by atoms with Gasteiger partial charge in [-0.05, 0) is 31.7 Å². The zero-order valence-corrected chi connectivity index (χ0v) is 13.8. The third-order valence-corrected chi connectivity index (χ3v) is 4.38. The molecule has 1 aromatic heterocycles. The van der Waals surface area contributed by atoms with Crippen molar-refractivity contribution in [3.05, 3.63) is 18.2 Å². The van der Waals surface area contributed by atoms with E-state index in [1.807, 2.05) is 22.7 Å². The molecule has 2 amide bonds. The number of imidazole rings is 1. The maximum Gasteiger partial charge on any atom is 0.231 e. The first kappa shape index (κ1) is 17.5. The highest BCUT2D eigenvalue weighted by Crippen LogP contribution is 2.20. The van der Waals surface area contributed by atoms with Gasteiger partial charge in [0.1, 0.15) is 5.82 Å². The molecule has 1 aliphatic heterocycles. The Morgan fingerprint density at radius 1 is 1.48 bits per heavy atom. The molecular formula is C16H27N5O2. The van der Waals surface area contributed by atoms with Crippen molar-refractivity contribution < 1.29 is 9.59 Å². The molecule has 128 valence electrons. The SMILES string of the molecule is Cn1ccnc1CCC(=O)N1CCCC(CCNCC(N)=O)C1. The van der Waals surface area contributed by atoms with Gasteiger partial charge in [-0.2, -0.15) is 0 Å². The van der Waals surface area contributed by atoms with Crippen LogP contribution in [0.5, 0.6) is 0 Å². The molecule has 0 aliphatic carbocycles. The molecule has 2 rings (SSSR count). The molecule has 1 fully saturated rings. The molecule has 23 heavy (non-hydrogen) atoms. The molecule has 7 nitrogen and oxygen atoms in total. The molecule has 0 spiro atoms. The topological polar surface area (TPSA) is 93.2 Å². The van der Waals surface area contributed by atoms with Crippen molar-refractivity contribution in [3.63, 3.8) is 0 Å². The summed E-state index contributed by atoms with van der Waals surface area (Å²) in [7, 11) is 1.95. The largest absolute Gasteiger partial charge is 0.369 e. The van der Waals surface area contributed by atoms with Crippen molar-refractivity contribution in [2.45, 2.75) is 32.1 Å². The van der Waals surface area contributed by atoms with Crippen LogP contribution in [0.2, 0.25) is 0 Å². The molecule has 0 bridgehead atoms. The lowest BCUT2D eigenvalue weighted by atomic mass is 9.94. The molecule has 1 aromatic rings. The first-order valence-electron chi connectivity index (χ1n) is 8.29. The van der Waals surface area contributed by atoms with Gasteiger partial charge in [0.05, 0.1) is 6.54 Å². The van der Waals surface area contributed by atoms with E-state index in [9.17, 15) is 9.59 Å². The number of carbonyl (C=O) groups is 2. The van der Waals surface area contributed by atoms with Gasteiger partial charge >= 0.3 is 0 Å². The minimum atomic E-state index is -0.334. The van der Waals surface area contributed by atoms with Crippen LogP contribution in [0.3, 0.4) is 0 Å². The number of hydrogen-bond acceptors (Lipinski definition) is 4. The normalized spacial score (nSPS) is 18.1. The number of amides is 2. The summed E-state index contributed by atoms with van der Waals surface area (Å²) in [4.78, 5) is 29.3. The summed E-state index contributed by atoms with van der Waals surface area (Å²) in [5.41, 5.74) is 5.10. The van der Waals surface area contributed by atoms with Crippen molar-refractivity contribution in [1.29, 1.82) is 0 Å². The lowest BCUT2D eigenvalue weighted by molar-refractivity contribution is -0.133. The van der Waals surface area contributed by atoms with E-state index in [4.69, 9.17) is 5.73 Å². The Morgan fingerprint density at radius 3 is 3.00 bits per heavy atom. The number of rotatable bonds is 8. The van der Waals surface area contributed by atoms with Crippen LogP contribution >= 0.6 is 0 Å². The zero-order valence-electron chi connectivity index (χ0n) is 13.8. The van der Waals surface area contributed by atoms with E-state index in [1.165, 1.54) is 0 Å². The van der Waals surface area contributed by atoms with Crippen LogP contribution in [0.15, 0.2) is 12.4 Å². The summed E-state index contributed by atoms with van der Waals surface area (Å²) in [5, 5.41) is 3.04. The second-order valence-electron chi connectivity index (χ2n) is 6.23. The second-order valence-corrected chi connectivity index (χ2v) is 6.23. The van der Waals surface area contributed by atoms with Crippen molar-refractivity contribution in [1.82, 2.24) is 19.8 Å². The van der Waals surface area contributed by atoms with Gasteiger partial charge in [0, 0.05) is 45.4 Å². The van der Waals surface area contributed by atoms with Gasteiger partial charge in [-0.1, -0.05) is 0 Å². The van der Waals surface area contributed by atoms with Crippen LogP contribution in [0, 0.1) is 5.92 Å². The average Bonchev–Trinajstić information content (AvgIpc) is 2.94. The highest BCUT2D eigenvalue weighted by Gasteiger charge is 2.23. The molecule has 7 heteroatoms. The Balaban J connectivity index is 1.71. The van der Waals surface area contributed by atoms with Crippen LogP contribution in [-0.4, -0.2) is 52.4 Å². The molecule has 2 heterocycles. The van der Waals surface area contributed by atoms with E-state index in [-0.39, 0.29) is 18.4 Å². The first-order valence-corrected chi connectivity index (χ1v) is 8.29. The third kappa shape index (κ3) is 5.67. The quantitative estimate of drug-likeness (QED) is 0.662. The summed E-state index contributed by atoms with van der Waals surface area (Å²) >= 11 is 0. The molecule has 0 aromatic carbocycles. The number of aryl methyl sites for hydroxylation is 2. The van der Waals surface area contributed by atoms with E-state index >= 15 is 0 Å². The van der Waals surface area contributed by atoms with Crippen molar-refractivity contribution >= 4 is 11.8 Å². The van der Waals surface area contributed by atoms with Gasteiger partial charge in [-0.25, -0.2) is 4.98 Å². The van der Waals surface area contributed by atoms with E-state index in [2.05, 4.69) is 10.3 Å². The number of carbonyl (C=O) groups excluding carboxylic acids is 2. The Bertz CT molecular complexity index is 528. The molecule has 1 saturated heterocycles. The second kappa shape index (κ2) is 8.67. The number of nitrogens with two attached hydrogens (primary N) is 1. The van der Waals surface area contributed by atoms with E-state index in [0.717, 1.165) is 44.7 Å². The number of nitrogens with zero attached hydrogens (tertiary/aromatic N) is 3. The first-order chi connectivity index (χ1) is 11.1. The zero-order chi connectivity index (χ0) is 16.7. The Kier molecular flexibility index (Phi) is 6.58. The summed E-state index contributed by atoms with van der Waals surface area (Å²) in [5.74, 6) is 1.33. The number of likely N-dealkylation sites (tertiary alicyclic amines) is 1. The fourth-order valence-corrected chi connectivity index (χ4v) is 3.06. The fraction of sp³-hybridized carbons (Fsp3) is 0.688. The number of hydrogen-bond donors (Lipinski definition) is 2. The van der Waals surface area contributed by atoms with Crippen LogP contribution in [0.25, 0.3) is 0 Å². The molecule has 0 saturated carbocycles. The molecule has 3 N–H and O–H groups in total. The van der Waals surface area contributed by atoms with Crippen LogP contribution < -0.4 is 11.1 Å². The van der Waals surface area contributed by atoms with E-state index < -0.39 is 0 Å². The molecule has 1 unspecified atom stereocenters. The van der Waals surface area contributed by atoms with Gasteiger partial charge in [0.25, 0.3) is 0 Å². The Hall–Kier alpha value is -1.89. The Labute approximate surface area is 137 Å². The molecule has 0 radical (unpaired) electrons. The van der Waals surface area contributed by atoms with Crippen molar-refractivity contribution in [2.75, 3.05) is 26.2 Å². The lowest BCUT2D eigenvalue weighted by Gasteiger charge is -2.33. The maximum absolute atomic E-state index is 12.4. The summed E-state index contributed by atoms with van der Waals surface area (Å²) in [6.45, 7) is 2.66. The summed E-state index contributed by atoms with van der Waals surface area (Å²) in [6, 6.07) is 0. The van der Waals surface area contributed by atoms with Crippen LogP contribution in [-0.2, 0) is 23.1 Å². The number of piperidine rings is 1. The summed E-state index contributed by atoms with van der Waals surface area (Å²) in [6.07, 6.45) is 8.01. The number of primary amides is 1. The van der Waals surface area contributed by atoms with Gasteiger partial charge in [0.15, 0.2) is 0 Å². The third-order valence-electron chi connectivity index (χ3n) is 4.38. The predicted molar refractivity (Wildman–Crippen MR) is 87.5 cm³/mol. The van der Waals surface area contributed by atoms with Gasteiger partial charge < -0.3 is 20.5 Å². The van der Waals surface area contributed by atoms with Gasteiger partial charge in [-0.3, -0.25) is 9.59 Å². The molecule has 1 atom stereocenters. The standard InChI is InChI=1S/C16H27N5O2/c1-20-10-8-19-15(20)4-5-16(23)21-9-2-3-13(12-21)6-7-18-11-14(17)22/h8,10,13,18H,2-7,9,11-12H2,1H3,(H2,17,22). The fourth-order valence-electron chi connectivity index (χ4n) is 3.06. The van der Waals surface area contributed by atoms with E-state index in [1.54, 1.807) is 6.20 Å². The molecule has 1 aliphatic rings. The summed E-state index contributed by atoms with van der Waals surface area (Å²) < 4.78 is 1.96. The lowest BCUT2D eigenvalue weighted by Crippen LogP contribution is -2.41. The smallest absolute Gasteiger partial charge is 0.231 e. The maximum atomic E-state index is 12.4. The Morgan fingerprint density at radius 2 is 2.30 bits per heavy atom. The van der Waals surface area contributed by atoms with Gasteiger partial charge in [0.2, 0.25) is 11.8 Å². The van der Waals surface area contributed by atoms with Crippen molar-refractivity contribution in [3.8, 4) is 0 Å². The van der Waals surface area contributed by atoms with Crippen molar-refractivity contribution in [2.24, 2.45) is 18.7 Å². The molecular weight excluding hydrogens is 294 g/mol. The monoisotopic (exact) mass is 321 g/mol. The van der Waals surface area contributed by atoms with Crippen LogP contribution in [0.4, 0.5) is 0 Å². The highest BCUT2D eigenvalue weighted by molar-refractivity contribution is 5.76. The number of nitrogens with one attached hydrogen (secondary N) is 1.